The Labute approximate surface area is 235 Å². The maximum Gasteiger partial charge on any atom is 0.143 e. The Morgan fingerprint density at radius 3 is 1.55 bits per heavy atom. The minimum atomic E-state index is -1.71. The Morgan fingerprint density at radius 1 is 0.375 bits per heavy atom. The third-order valence-corrected chi connectivity index (χ3v) is 11.9. The van der Waals surface area contributed by atoms with Crippen LogP contribution < -0.4 is 0 Å². The second-order valence-electron chi connectivity index (χ2n) is 10.1. The van der Waals surface area contributed by atoms with E-state index in [9.17, 15) is 0 Å². The van der Waals surface area contributed by atoms with E-state index in [4.69, 9.17) is 4.42 Å². The molecule has 0 aliphatic carbocycles. The summed E-state index contributed by atoms with van der Waals surface area (Å²) in [6.45, 7) is 0. The topological polar surface area (TPSA) is 13.1 Å². The highest BCUT2D eigenvalue weighted by molar-refractivity contribution is 8.34. The molecule has 0 unspecified atom stereocenters. The summed E-state index contributed by atoms with van der Waals surface area (Å²) in [6, 6.07) is 56.9. The molecule has 0 spiro atoms. The van der Waals surface area contributed by atoms with E-state index in [0.717, 1.165) is 33.4 Å². The van der Waals surface area contributed by atoms with Gasteiger partial charge < -0.3 is 4.42 Å². The second-order valence-corrected chi connectivity index (χ2v) is 13.1. The Kier molecular flexibility index (Phi) is 5.29. The summed E-state index contributed by atoms with van der Waals surface area (Å²) >= 11 is 0. The van der Waals surface area contributed by atoms with E-state index in [1.807, 2.05) is 6.07 Å². The Hall–Kier alpha value is -4.79. The molecule has 8 rings (SSSR count). The summed E-state index contributed by atoms with van der Waals surface area (Å²) in [5, 5.41) is 2.27. The number of rotatable bonds is 4. The van der Waals surface area contributed by atoms with Gasteiger partial charge in [-0.2, -0.15) is 0 Å². The van der Waals surface area contributed by atoms with E-state index in [1.54, 1.807) is 0 Å². The van der Waals surface area contributed by atoms with Crippen molar-refractivity contribution >= 4 is 20.8 Å². The van der Waals surface area contributed by atoms with Crippen LogP contribution in [-0.2, 0) is 0 Å². The summed E-state index contributed by atoms with van der Waals surface area (Å²) < 4.78 is 6.87. The molecular weight excluding hydrogens is 504 g/mol. The van der Waals surface area contributed by atoms with Gasteiger partial charge in [0.25, 0.3) is 0 Å². The zero-order chi connectivity index (χ0) is 26.5. The van der Waals surface area contributed by atoms with Gasteiger partial charge in [-0.15, -0.1) is 10.0 Å². The quantitative estimate of drug-likeness (QED) is 0.220. The molecule has 7 aromatic rings. The third kappa shape index (κ3) is 3.23. The molecule has 0 saturated heterocycles. The van der Waals surface area contributed by atoms with Crippen LogP contribution in [0.2, 0.25) is 0 Å². The maximum atomic E-state index is 6.87. The highest BCUT2D eigenvalue weighted by Crippen LogP contribution is 2.80. The van der Waals surface area contributed by atoms with E-state index in [2.05, 4.69) is 152 Å². The standard InChI is InChI=1S/C38H26OS/c1-4-15-27(16-5-1)37-30-21-10-11-22-31(30)38(39-37)33-24-14-26-35-36(33)32-23-12-13-25-34(32)40(35,28-17-6-2-7-18-28)29-19-8-3-9-20-29/h1-26H. The van der Waals surface area contributed by atoms with Gasteiger partial charge in [0.2, 0.25) is 0 Å². The second kappa shape index (κ2) is 9.15. The Morgan fingerprint density at radius 2 is 0.875 bits per heavy atom. The smallest absolute Gasteiger partial charge is 0.143 e. The molecule has 1 aromatic heterocycles. The van der Waals surface area contributed by atoms with Crippen molar-refractivity contribution < 1.29 is 4.42 Å². The first-order valence-corrected chi connectivity index (χ1v) is 15.2. The van der Waals surface area contributed by atoms with Gasteiger partial charge in [-0.1, -0.05) is 121 Å². The fourth-order valence-corrected chi connectivity index (χ4v) is 10.5. The summed E-state index contributed by atoms with van der Waals surface area (Å²) in [7, 11) is -1.71. The molecule has 40 heavy (non-hydrogen) atoms. The minimum absolute atomic E-state index is 0.916. The molecule has 0 atom stereocenters. The maximum absolute atomic E-state index is 6.87. The fourth-order valence-electron chi connectivity index (χ4n) is 6.30. The van der Waals surface area contributed by atoms with E-state index in [-0.39, 0.29) is 0 Å². The molecule has 1 aliphatic heterocycles. The summed E-state index contributed by atoms with van der Waals surface area (Å²) in [4.78, 5) is 5.44. The molecule has 190 valence electrons. The van der Waals surface area contributed by atoms with Crippen molar-refractivity contribution in [1.82, 2.24) is 0 Å². The largest absolute Gasteiger partial charge is 0.455 e. The molecule has 6 aromatic carbocycles. The number of fused-ring (bicyclic) bond motifs is 4. The summed E-state index contributed by atoms with van der Waals surface area (Å²) in [6.07, 6.45) is 0. The fraction of sp³-hybridized carbons (Fsp3) is 0. The van der Waals surface area contributed by atoms with E-state index in [0.29, 0.717) is 0 Å². The lowest BCUT2D eigenvalue weighted by Gasteiger charge is -2.39. The van der Waals surface area contributed by atoms with Crippen LogP contribution in [-0.4, -0.2) is 0 Å². The number of hydrogen-bond donors (Lipinski definition) is 0. The average Bonchev–Trinajstić information content (AvgIpc) is 3.57. The first-order valence-electron chi connectivity index (χ1n) is 13.6. The normalized spacial score (nSPS) is 14.0. The van der Waals surface area contributed by atoms with Crippen molar-refractivity contribution in [3.63, 3.8) is 0 Å². The summed E-state index contributed by atoms with van der Waals surface area (Å²) in [5.74, 6) is 1.84. The molecule has 0 bridgehead atoms. The third-order valence-electron chi connectivity index (χ3n) is 7.94. The number of furan rings is 1. The molecule has 0 N–H and O–H groups in total. The predicted octanol–water partition coefficient (Wildman–Crippen LogP) is 11.1. The molecule has 0 saturated carbocycles. The van der Waals surface area contributed by atoms with Gasteiger partial charge in [0.15, 0.2) is 0 Å². The zero-order valence-corrected chi connectivity index (χ0v) is 22.6. The van der Waals surface area contributed by atoms with Gasteiger partial charge in [0.1, 0.15) is 11.5 Å². The summed E-state index contributed by atoms with van der Waals surface area (Å²) in [5.41, 5.74) is 4.80. The van der Waals surface area contributed by atoms with Crippen LogP contribution in [0.15, 0.2) is 182 Å². The van der Waals surface area contributed by atoms with Gasteiger partial charge >= 0.3 is 0 Å². The highest BCUT2D eigenvalue weighted by atomic mass is 32.3. The first kappa shape index (κ1) is 23.1. The molecule has 0 fully saturated rings. The van der Waals surface area contributed by atoms with Crippen molar-refractivity contribution in [1.29, 1.82) is 0 Å². The van der Waals surface area contributed by atoms with E-state index < -0.39 is 10.0 Å². The molecule has 0 radical (unpaired) electrons. The zero-order valence-electron chi connectivity index (χ0n) is 21.8. The highest BCUT2D eigenvalue weighted by Gasteiger charge is 2.43. The van der Waals surface area contributed by atoms with E-state index >= 15 is 0 Å². The van der Waals surface area contributed by atoms with Crippen LogP contribution in [0.25, 0.3) is 44.5 Å². The molecule has 1 nitrogen and oxygen atoms in total. The molecule has 1 aliphatic rings. The molecule has 2 heteroatoms. The van der Waals surface area contributed by atoms with Gasteiger partial charge in [-0.05, 0) is 42.0 Å². The van der Waals surface area contributed by atoms with Crippen LogP contribution in [0.3, 0.4) is 0 Å². The van der Waals surface area contributed by atoms with Gasteiger partial charge in [0.05, 0.1) is 0 Å². The average molecular weight is 531 g/mol. The number of hydrogen-bond acceptors (Lipinski definition) is 1. The molecule has 0 amide bonds. The van der Waals surface area contributed by atoms with Gasteiger partial charge in [0, 0.05) is 47.0 Å². The van der Waals surface area contributed by atoms with Crippen molar-refractivity contribution in [2.75, 3.05) is 0 Å². The molecule has 2 heterocycles. The van der Waals surface area contributed by atoms with Crippen molar-refractivity contribution in [2.24, 2.45) is 0 Å². The van der Waals surface area contributed by atoms with Crippen LogP contribution in [0.4, 0.5) is 0 Å². The van der Waals surface area contributed by atoms with Crippen molar-refractivity contribution in [3.05, 3.63) is 158 Å². The van der Waals surface area contributed by atoms with Crippen LogP contribution in [0.1, 0.15) is 0 Å². The van der Waals surface area contributed by atoms with Gasteiger partial charge in [-0.3, -0.25) is 0 Å². The molecular formula is C38H26OS. The Bertz CT molecular complexity index is 1950. The number of benzene rings is 6. The van der Waals surface area contributed by atoms with Crippen LogP contribution in [0.5, 0.6) is 0 Å². The van der Waals surface area contributed by atoms with E-state index in [1.165, 1.54) is 30.7 Å². The van der Waals surface area contributed by atoms with Crippen molar-refractivity contribution in [3.8, 4) is 33.8 Å². The minimum Gasteiger partial charge on any atom is -0.455 e. The lowest BCUT2D eigenvalue weighted by atomic mass is 9.96. The van der Waals surface area contributed by atoms with Gasteiger partial charge in [-0.25, -0.2) is 0 Å². The predicted molar refractivity (Wildman–Crippen MR) is 166 cm³/mol. The monoisotopic (exact) mass is 530 g/mol. The SMILES string of the molecule is c1ccc(-c2oc(-c3cccc4c3-c3ccccc3S4(c3ccccc3)c3ccccc3)c3ccccc23)cc1. The Balaban J connectivity index is 1.49. The lowest BCUT2D eigenvalue weighted by Crippen LogP contribution is -2.01. The van der Waals surface area contributed by atoms with Crippen LogP contribution >= 0.6 is 10.0 Å². The van der Waals surface area contributed by atoms with Crippen LogP contribution in [0, 0.1) is 0 Å². The lowest BCUT2D eigenvalue weighted by molar-refractivity contribution is 0.602. The first-order chi connectivity index (χ1) is 19.9. The van der Waals surface area contributed by atoms with Crippen molar-refractivity contribution in [2.45, 2.75) is 19.6 Å².